The number of carbonyl (C=O) groups excluding carboxylic acids is 1. The fraction of sp³-hybridized carbons (Fsp3) is 0.269. The standard InChI is InChI=1S/C26H24O/c1-16-17(2)25-21-13-12-19(14-18-8-4-3-5-9-18)15-23(21)26(27)22-11-7-6-10-20(22)24(16)25/h3-13,15-17,24-25H,14H2,1-2H3/t16?,17?,24-,25+/m0/s1. The molecular weight excluding hydrogens is 328 g/mol. The second kappa shape index (κ2) is 6.20. The summed E-state index contributed by atoms with van der Waals surface area (Å²) in [6.07, 6.45) is 0.864. The molecule has 3 aromatic carbocycles. The Morgan fingerprint density at radius 1 is 0.667 bits per heavy atom. The van der Waals surface area contributed by atoms with Crippen LogP contribution in [0.1, 0.15) is 63.9 Å². The Bertz CT molecular complexity index is 1020. The summed E-state index contributed by atoms with van der Waals surface area (Å²) in [5.74, 6) is 2.32. The van der Waals surface area contributed by atoms with Crippen molar-refractivity contribution in [1.29, 1.82) is 0 Å². The van der Waals surface area contributed by atoms with Crippen molar-refractivity contribution >= 4 is 5.78 Å². The first-order chi connectivity index (χ1) is 13.1. The van der Waals surface area contributed by atoms with Crippen molar-refractivity contribution in [3.8, 4) is 0 Å². The quantitative estimate of drug-likeness (QED) is 0.555. The minimum absolute atomic E-state index is 0.198. The molecule has 1 fully saturated rings. The van der Waals surface area contributed by atoms with E-state index < -0.39 is 0 Å². The summed E-state index contributed by atoms with van der Waals surface area (Å²) >= 11 is 0. The number of benzene rings is 3. The third-order valence-electron chi connectivity index (χ3n) is 6.89. The van der Waals surface area contributed by atoms with E-state index in [4.69, 9.17) is 0 Å². The number of ketones is 1. The van der Waals surface area contributed by atoms with E-state index in [-0.39, 0.29) is 5.78 Å². The summed E-state index contributed by atoms with van der Waals surface area (Å²) in [7, 11) is 0. The molecule has 27 heavy (non-hydrogen) atoms. The maximum absolute atomic E-state index is 13.5. The average molecular weight is 352 g/mol. The molecule has 1 saturated carbocycles. The summed E-state index contributed by atoms with van der Waals surface area (Å²) < 4.78 is 0. The van der Waals surface area contributed by atoms with Crippen molar-refractivity contribution in [2.45, 2.75) is 32.1 Å². The summed E-state index contributed by atoms with van der Waals surface area (Å²) in [6, 6.07) is 25.4. The number of hydrogen-bond donors (Lipinski definition) is 0. The van der Waals surface area contributed by atoms with Crippen molar-refractivity contribution in [2.75, 3.05) is 0 Å². The van der Waals surface area contributed by atoms with E-state index in [1.165, 1.54) is 22.3 Å². The highest BCUT2D eigenvalue weighted by molar-refractivity contribution is 6.12. The van der Waals surface area contributed by atoms with Crippen molar-refractivity contribution < 1.29 is 4.79 Å². The fourth-order valence-electron chi connectivity index (χ4n) is 5.29. The maximum Gasteiger partial charge on any atom is 0.193 e. The van der Waals surface area contributed by atoms with E-state index in [9.17, 15) is 4.79 Å². The Balaban J connectivity index is 1.63. The van der Waals surface area contributed by atoms with E-state index in [0.717, 1.165) is 17.5 Å². The number of rotatable bonds is 2. The fourth-order valence-corrected chi connectivity index (χ4v) is 5.29. The first-order valence-corrected chi connectivity index (χ1v) is 9.95. The number of hydrogen-bond acceptors (Lipinski definition) is 1. The smallest absolute Gasteiger partial charge is 0.193 e. The molecule has 2 aliphatic carbocycles. The van der Waals surface area contributed by atoms with Gasteiger partial charge in [0.15, 0.2) is 5.78 Å². The van der Waals surface area contributed by atoms with E-state index in [1.807, 2.05) is 18.2 Å². The molecule has 0 bridgehead atoms. The third kappa shape index (κ3) is 2.49. The highest BCUT2D eigenvalue weighted by atomic mass is 16.1. The molecule has 4 atom stereocenters. The van der Waals surface area contributed by atoms with Crippen LogP contribution in [0.25, 0.3) is 0 Å². The Morgan fingerprint density at radius 3 is 2.04 bits per heavy atom. The predicted molar refractivity (Wildman–Crippen MR) is 109 cm³/mol. The SMILES string of the molecule is CC1C(C)[C@@H]2c3ccc(Cc4ccccc4)cc3C(=O)c3ccccc3[C@H]12. The highest BCUT2D eigenvalue weighted by Crippen LogP contribution is 2.59. The van der Waals surface area contributed by atoms with Crippen LogP contribution in [0.2, 0.25) is 0 Å². The lowest BCUT2D eigenvalue weighted by molar-refractivity contribution is 0.103. The highest BCUT2D eigenvalue weighted by Gasteiger charge is 2.50. The van der Waals surface area contributed by atoms with Gasteiger partial charge in [-0.15, -0.1) is 0 Å². The molecule has 0 heterocycles. The van der Waals surface area contributed by atoms with Crippen LogP contribution in [0.4, 0.5) is 0 Å². The minimum atomic E-state index is 0.198. The van der Waals surface area contributed by atoms with Gasteiger partial charge in [-0.1, -0.05) is 80.6 Å². The molecule has 0 radical (unpaired) electrons. The third-order valence-corrected chi connectivity index (χ3v) is 6.89. The molecule has 3 aromatic rings. The molecule has 0 aliphatic heterocycles. The lowest BCUT2D eigenvalue weighted by Crippen LogP contribution is -2.40. The van der Waals surface area contributed by atoms with Gasteiger partial charge in [0.25, 0.3) is 0 Å². The topological polar surface area (TPSA) is 17.1 Å². The summed E-state index contributed by atoms with van der Waals surface area (Å²) in [6.45, 7) is 4.67. The second-order valence-electron chi connectivity index (χ2n) is 8.27. The summed E-state index contributed by atoms with van der Waals surface area (Å²) in [5.41, 5.74) is 6.82. The molecule has 0 spiro atoms. The second-order valence-corrected chi connectivity index (χ2v) is 8.27. The summed E-state index contributed by atoms with van der Waals surface area (Å²) in [4.78, 5) is 13.5. The van der Waals surface area contributed by atoms with Gasteiger partial charge in [0.1, 0.15) is 0 Å². The number of carbonyl (C=O) groups is 1. The monoisotopic (exact) mass is 352 g/mol. The van der Waals surface area contributed by atoms with Gasteiger partial charge < -0.3 is 0 Å². The van der Waals surface area contributed by atoms with Crippen molar-refractivity contribution in [3.05, 3.63) is 106 Å². The van der Waals surface area contributed by atoms with Gasteiger partial charge in [-0.25, -0.2) is 0 Å². The van der Waals surface area contributed by atoms with Gasteiger partial charge in [-0.2, -0.15) is 0 Å². The van der Waals surface area contributed by atoms with E-state index >= 15 is 0 Å². The Hall–Kier alpha value is -2.67. The van der Waals surface area contributed by atoms with E-state index in [0.29, 0.717) is 23.7 Å². The average Bonchev–Trinajstić information content (AvgIpc) is 2.80. The summed E-state index contributed by atoms with van der Waals surface area (Å²) in [5, 5.41) is 0. The van der Waals surface area contributed by atoms with Gasteiger partial charge in [0.05, 0.1) is 0 Å². The molecule has 2 aliphatic rings. The largest absolute Gasteiger partial charge is 0.289 e. The van der Waals surface area contributed by atoms with Crippen LogP contribution in [0.5, 0.6) is 0 Å². The minimum Gasteiger partial charge on any atom is -0.289 e. The van der Waals surface area contributed by atoms with Crippen LogP contribution in [-0.4, -0.2) is 5.78 Å². The first-order valence-electron chi connectivity index (χ1n) is 9.95. The lowest BCUT2D eigenvalue weighted by atomic mass is 9.54. The maximum atomic E-state index is 13.5. The van der Waals surface area contributed by atoms with Crippen LogP contribution in [0.15, 0.2) is 72.8 Å². The zero-order chi connectivity index (χ0) is 18.5. The van der Waals surface area contributed by atoms with E-state index in [1.54, 1.807) is 0 Å². The molecular formula is C26H24O. The molecule has 0 aromatic heterocycles. The Morgan fingerprint density at radius 2 is 1.30 bits per heavy atom. The van der Waals surface area contributed by atoms with Gasteiger partial charge in [0, 0.05) is 11.1 Å². The van der Waals surface area contributed by atoms with Gasteiger partial charge in [-0.05, 0) is 58.4 Å². The normalized spacial score (nSPS) is 25.6. The van der Waals surface area contributed by atoms with Crippen molar-refractivity contribution in [1.82, 2.24) is 0 Å². The molecule has 0 amide bonds. The predicted octanol–water partition coefficient (Wildman–Crippen LogP) is 5.98. The molecule has 0 saturated heterocycles. The molecule has 1 nitrogen and oxygen atoms in total. The van der Waals surface area contributed by atoms with Gasteiger partial charge in [0.2, 0.25) is 0 Å². The van der Waals surface area contributed by atoms with Gasteiger partial charge in [-0.3, -0.25) is 4.79 Å². The van der Waals surface area contributed by atoms with E-state index in [2.05, 4.69) is 68.4 Å². The van der Waals surface area contributed by atoms with Gasteiger partial charge >= 0.3 is 0 Å². The number of fused-ring (bicyclic) bond motifs is 5. The molecule has 1 heteroatoms. The van der Waals surface area contributed by atoms with Crippen LogP contribution in [0, 0.1) is 11.8 Å². The molecule has 5 rings (SSSR count). The zero-order valence-corrected chi connectivity index (χ0v) is 15.9. The van der Waals surface area contributed by atoms with Crippen LogP contribution in [-0.2, 0) is 6.42 Å². The zero-order valence-electron chi connectivity index (χ0n) is 15.9. The Kier molecular flexibility index (Phi) is 3.79. The molecule has 134 valence electrons. The van der Waals surface area contributed by atoms with Crippen LogP contribution >= 0.6 is 0 Å². The van der Waals surface area contributed by atoms with Crippen molar-refractivity contribution in [2.24, 2.45) is 11.8 Å². The van der Waals surface area contributed by atoms with Crippen LogP contribution < -0.4 is 0 Å². The Labute approximate surface area is 161 Å². The van der Waals surface area contributed by atoms with Crippen LogP contribution in [0.3, 0.4) is 0 Å². The lowest BCUT2D eigenvalue weighted by Gasteiger charge is -2.50. The first kappa shape index (κ1) is 16.5. The molecule has 0 N–H and O–H groups in total. The van der Waals surface area contributed by atoms with Crippen molar-refractivity contribution in [3.63, 3.8) is 0 Å². The molecule has 2 unspecified atom stereocenters.